The highest BCUT2D eigenvalue weighted by Crippen LogP contribution is 2.32. The smallest absolute Gasteiger partial charge is 0.00574 e. The third-order valence-corrected chi connectivity index (χ3v) is 4.65. The normalized spacial score (nSPS) is 13.5. The zero-order chi connectivity index (χ0) is 14.5. The zero-order valence-corrected chi connectivity index (χ0v) is 13.2. The molecule has 0 heteroatoms. The lowest BCUT2D eigenvalue weighted by Gasteiger charge is -2.18. The monoisotopic (exact) mass is 278 g/mol. The SMILES string of the molecule is CCCCCCCCC1=Cc2cccc3cccc(c23)C1. The molecule has 110 valence electrons. The number of hydrogen-bond acceptors (Lipinski definition) is 0. The van der Waals surface area contributed by atoms with Crippen LogP contribution in [-0.4, -0.2) is 0 Å². The summed E-state index contributed by atoms with van der Waals surface area (Å²) in [5.74, 6) is 0. The Morgan fingerprint density at radius 2 is 1.62 bits per heavy atom. The van der Waals surface area contributed by atoms with Crippen LogP contribution in [0.1, 0.15) is 63.0 Å². The van der Waals surface area contributed by atoms with Crippen molar-refractivity contribution < 1.29 is 0 Å². The highest BCUT2D eigenvalue weighted by Gasteiger charge is 2.12. The van der Waals surface area contributed by atoms with Crippen molar-refractivity contribution in [2.75, 3.05) is 0 Å². The average molecular weight is 278 g/mol. The molecule has 0 N–H and O–H groups in total. The molecule has 0 unspecified atom stereocenters. The van der Waals surface area contributed by atoms with Crippen LogP contribution in [0.2, 0.25) is 0 Å². The van der Waals surface area contributed by atoms with E-state index in [0.29, 0.717) is 0 Å². The Labute approximate surface area is 128 Å². The van der Waals surface area contributed by atoms with E-state index in [4.69, 9.17) is 0 Å². The van der Waals surface area contributed by atoms with E-state index < -0.39 is 0 Å². The van der Waals surface area contributed by atoms with Crippen molar-refractivity contribution in [2.45, 2.75) is 58.3 Å². The van der Waals surface area contributed by atoms with Crippen molar-refractivity contribution in [3.05, 3.63) is 53.1 Å². The molecule has 2 aromatic rings. The summed E-state index contributed by atoms with van der Waals surface area (Å²) in [6, 6.07) is 13.4. The molecule has 2 aromatic carbocycles. The van der Waals surface area contributed by atoms with Gasteiger partial charge in [-0.25, -0.2) is 0 Å². The maximum Gasteiger partial charge on any atom is -0.00574 e. The fourth-order valence-electron chi connectivity index (χ4n) is 3.53. The maximum absolute atomic E-state index is 2.45. The van der Waals surface area contributed by atoms with E-state index in [1.165, 1.54) is 66.8 Å². The number of benzene rings is 2. The quantitative estimate of drug-likeness (QED) is 0.505. The molecule has 0 radical (unpaired) electrons. The summed E-state index contributed by atoms with van der Waals surface area (Å²) < 4.78 is 0. The van der Waals surface area contributed by atoms with Crippen LogP contribution in [0, 0.1) is 0 Å². The minimum Gasteiger partial charge on any atom is -0.0654 e. The van der Waals surface area contributed by atoms with Crippen LogP contribution in [0.15, 0.2) is 42.0 Å². The van der Waals surface area contributed by atoms with Crippen molar-refractivity contribution in [1.29, 1.82) is 0 Å². The average Bonchev–Trinajstić information content (AvgIpc) is 2.51. The second kappa shape index (κ2) is 6.93. The molecule has 0 atom stereocenters. The largest absolute Gasteiger partial charge is 0.0654 e. The van der Waals surface area contributed by atoms with E-state index >= 15 is 0 Å². The Bertz CT molecular complexity index is 628. The Hall–Kier alpha value is -1.56. The van der Waals surface area contributed by atoms with Gasteiger partial charge in [-0.2, -0.15) is 0 Å². The predicted molar refractivity (Wildman–Crippen MR) is 93.6 cm³/mol. The molecular weight excluding hydrogens is 252 g/mol. The molecule has 1 aliphatic carbocycles. The summed E-state index contributed by atoms with van der Waals surface area (Å²) in [7, 11) is 0. The lowest BCUT2D eigenvalue weighted by Crippen LogP contribution is -1.99. The molecule has 3 rings (SSSR count). The Morgan fingerprint density at radius 1 is 0.857 bits per heavy atom. The van der Waals surface area contributed by atoms with E-state index in [0.717, 1.165) is 6.42 Å². The predicted octanol–water partition coefficient (Wildman–Crippen LogP) is 6.53. The van der Waals surface area contributed by atoms with Gasteiger partial charge in [0.1, 0.15) is 0 Å². The first-order chi connectivity index (χ1) is 10.4. The van der Waals surface area contributed by atoms with Crippen molar-refractivity contribution in [2.24, 2.45) is 0 Å². The molecule has 0 nitrogen and oxygen atoms in total. The van der Waals surface area contributed by atoms with Crippen molar-refractivity contribution >= 4 is 16.8 Å². The molecule has 1 aliphatic rings. The molecule has 0 saturated carbocycles. The summed E-state index contributed by atoms with van der Waals surface area (Å²) >= 11 is 0. The Balaban J connectivity index is 1.64. The van der Waals surface area contributed by atoms with Gasteiger partial charge in [-0.15, -0.1) is 0 Å². The fraction of sp³-hybridized carbons (Fsp3) is 0.429. The standard InChI is InChI=1S/C21H26/c1-2-3-4-5-6-7-10-17-15-19-13-8-11-18-12-9-14-20(16-17)21(18)19/h8-9,11-15H,2-7,10,16H2,1H3. The highest BCUT2D eigenvalue weighted by molar-refractivity contribution is 5.95. The third-order valence-electron chi connectivity index (χ3n) is 4.65. The van der Waals surface area contributed by atoms with Crippen LogP contribution >= 0.6 is 0 Å². The minimum atomic E-state index is 1.16. The van der Waals surface area contributed by atoms with Gasteiger partial charge in [-0.05, 0) is 41.2 Å². The summed E-state index contributed by atoms with van der Waals surface area (Å²) in [5.41, 5.74) is 4.57. The third kappa shape index (κ3) is 3.37. The number of allylic oxidation sites excluding steroid dienone is 1. The van der Waals surface area contributed by atoms with Crippen LogP contribution < -0.4 is 0 Å². The van der Waals surface area contributed by atoms with Gasteiger partial charge in [-0.1, -0.05) is 87.1 Å². The Morgan fingerprint density at radius 3 is 2.48 bits per heavy atom. The fourth-order valence-corrected chi connectivity index (χ4v) is 3.53. The number of rotatable bonds is 7. The summed E-state index contributed by atoms with van der Waals surface area (Å²) in [4.78, 5) is 0. The van der Waals surface area contributed by atoms with Crippen LogP contribution in [0.4, 0.5) is 0 Å². The topological polar surface area (TPSA) is 0 Å². The van der Waals surface area contributed by atoms with E-state index in [2.05, 4.69) is 49.4 Å². The van der Waals surface area contributed by atoms with Crippen molar-refractivity contribution in [3.8, 4) is 0 Å². The molecule has 0 heterocycles. The molecule has 0 aliphatic heterocycles. The molecular formula is C21H26. The highest BCUT2D eigenvalue weighted by atomic mass is 14.2. The van der Waals surface area contributed by atoms with Gasteiger partial charge < -0.3 is 0 Å². The van der Waals surface area contributed by atoms with Gasteiger partial charge in [0.2, 0.25) is 0 Å². The van der Waals surface area contributed by atoms with Gasteiger partial charge in [0, 0.05) is 0 Å². The molecule has 0 saturated heterocycles. The molecule has 21 heavy (non-hydrogen) atoms. The molecule has 0 bridgehead atoms. The zero-order valence-electron chi connectivity index (χ0n) is 13.2. The van der Waals surface area contributed by atoms with E-state index in [1.54, 1.807) is 5.57 Å². The van der Waals surface area contributed by atoms with E-state index in [1.807, 2.05) is 0 Å². The van der Waals surface area contributed by atoms with Crippen LogP contribution in [-0.2, 0) is 6.42 Å². The second-order valence-corrected chi connectivity index (χ2v) is 6.36. The Kier molecular flexibility index (Phi) is 4.75. The first kappa shape index (κ1) is 14.4. The first-order valence-electron chi connectivity index (χ1n) is 8.58. The lowest BCUT2D eigenvalue weighted by atomic mass is 9.87. The number of hydrogen-bond donors (Lipinski definition) is 0. The van der Waals surface area contributed by atoms with Gasteiger partial charge in [0.15, 0.2) is 0 Å². The van der Waals surface area contributed by atoms with Gasteiger partial charge >= 0.3 is 0 Å². The van der Waals surface area contributed by atoms with E-state index in [9.17, 15) is 0 Å². The molecule has 0 spiro atoms. The summed E-state index contributed by atoms with van der Waals surface area (Å²) in [6.07, 6.45) is 13.2. The molecule has 0 aromatic heterocycles. The van der Waals surface area contributed by atoms with Crippen molar-refractivity contribution in [3.63, 3.8) is 0 Å². The van der Waals surface area contributed by atoms with Gasteiger partial charge in [-0.3, -0.25) is 0 Å². The van der Waals surface area contributed by atoms with Gasteiger partial charge in [0.25, 0.3) is 0 Å². The maximum atomic E-state index is 2.45. The second-order valence-electron chi connectivity index (χ2n) is 6.36. The minimum absolute atomic E-state index is 1.16. The lowest BCUT2D eigenvalue weighted by molar-refractivity contribution is 0.605. The molecule has 0 amide bonds. The summed E-state index contributed by atoms with van der Waals surface area (Å²) in [6.45, 7) is 2.28. The van der Waals surface area contributed by atoms with Crippen LogP contribution in [0.5, 0.6) is 0 Å². The number of unbranched alkanes of at least 4 members (excludes halogenated alkanes) is 5. The van der Waals surface area contributed by atoms with Crippen LogP contribution in [0.3, 0.4) is 0 Å². The van der Waals surface area contributed by atoms with Crippen molar-refractivity contribution in [1.82, 2.24) is 0 Å². The summed E-state index contributed by atoms with van der Waals surface area (Å²) in [5, 5.41) is 2.87. The van der Waals surface area contributed by atoms with Gasteiger partial charge in [0.05, 0.1) is 0 Å². The van der Waals surface area contributed by atoms with E-state index in [-0.39, 0.29) is 0 Å². The molecule has 0 fully saturated rings. The van der Waals surface area contributed by atoms with Crippen LogP contribution in [0.25, 0.3) is 16.8 Å². The first-order valence-corrected chi connectivity index (χ1v) is 8.58.